The molecule has 0 saturated carbocycles. The fourth-order valence-corrected chi connectivity index (χ4v) is 6.57. The van der Waals surface area contributed by atoms with Crippen molar-refractivity contribution in [1.29, 1.82) is 0 Å². The number of hydrogen-bond acceptors (Lipinski definition) is 5. The SMILES string of the molecule is CCC(C)NC(=O)C(Cc1ccccc1)N(Cc1ccc(F)cc1)C(=O)CN(c1cc(Cl)ccc1OC)S(=O)(=O)c1ccc(C)cc1. The van der Waals surface area contributed by atoms with Gasteiger partial charge in [0.05, 0.1) is 17.7 Å². The molecule has 2 atom stereocenters. The predicted molar refractivity (Wildman–Crippen MR) is 182 cm³/mol. The number of anilines is 1. The van der Waals surface area contributed by atoms with E-state index in [1.807, 2.05) is 51.1 Å². The van der Waals surface area contributed by atoms with E-state index in [4.69, 9.17) is 16.3 Å². The summed E-state index contributed by atoms with van der Waals surface area (Å²) in [6, 6.07) is 24.4. The van der Waals surface area contributed by atoms with Crippen LogP contribution < -0.4 is 14.4 Å². The third kappa shape index (κ3) is 9.11. The van der Waals surface area contributed by atoms with Crippen LogP contribution in [0.2, 0.25) is 5.02 Å². The lowest BCUT2D eigenvalue weighted by Gasteiger charge is -2.34. The second-order valence-corrected chi connectivity index (χ2v) is 13.6. The molecule has 0 aliphatic heterocycles. The molecule has 47 heavy (non-hydrogen) atoms. The Labute approximate surface area is 281 Å². The molecule has 0 fully saturated rings. The summed E-state index contributed by atoms with van der Waals surface area (Å²) in [5, 5.41) is 3.22. The molecule has 11 heteroatoms. The summed E-state index contributed by atoms with van der Waals surface area (Å²) in [5.41, 5.74) is 2.27. The minimum atomic E-state index is -4.36. The quantitative estimate of drug-likeness (QED) is 0.163. The van der Waals surface area contributed by atoms with Crippen LogP contribution in [0.25, 0.3) is 0 Å². The van der Waals surface area contributed by atoms with Crippen molar-refractivity contribution in [2.75, 3.05) is 18.0 Å². The van der Waals surface area contributed by atoms with Gasteiger partial charge in [0.1, 0.15) is 24.2 Å². The maximum Gasteiger partial charge on any atom is 0.264 e. The van der Waals surface area contributed by atoms with Gasteiger partial charge in [-0.1, -0.05) is 78.7 Å². The molecule has 0 aromatic heterocycles. The molecule has 8 nitrogen and oxygen atoms in total. The second kappa shape index (κ2) is 15.9. The van der Waals surface area contributed by atoms with Gasteiger partial charge in [0.15, 0.2) is 0 Å². The molecule has 0 aliphatic carbocycles. The summed E-state index contributed by atoms with van der Waals surface area (Å²) >= 11 is 6.34. The fourth-order valence-electron chi connectivity index (χ4n) is 4.99. The first-order valence-electron chi connectivity index (χ1n) is 15.2. The number of benzene rings is 4. The summed E-state index contributed by atoms with van der Waals surface area (Å²) in [6.07, 6.45) is 0.814. The van der Waals surface area contributed by atoms with Gasteiger partial charge in [-0.25, -0.2) is 12.8 Å². The molecule has 248 valence electrons. The largest absolute Gasteiger partial charge is 0.495 e. The molecule has 0 bridgehead atoms. The van der Waals surface area contributed by atoms with Crippen molar-refractivity contribution < 1.29 is 27.1 Å². The third-order valence-corrected chi connectivity index (χ3v) is 9.84. The third-order valence-electron chi connectivity index (χ3n) is 7.84. The molecule has 4 aromatic rings. The average molecular weight is 680 g/mol. The van der Waals surface area contributed by atoms with Gasteiger partial charge in [-0.3, -0.25) is 13.9 Å². The van der Waals surface area contributed by atoms with Crippen molar-refractivity contribution in [3.8, 4) is 5.75 Å². The number of ether oxygens (including phenoxy) is 1. The molecule has 2 amide bonds. The first-order chi connectivity index (χ1) is 22.4. The fraction of sp³-hybridized carbons (Fsp3) is 0.278. The van der Waals surface area contributed by atoms with Crippen LogP contribution in [0.5, 0.6) is 5.75 Å². The predicted octanol–water partition coefficient (Wildman–Crippen LogP) is 6.55. The van der Waals surface area contributed by atoms with E-state index in [0.29, 0.717) is 12.0 Å². The van der Waals surface area contributed by atoms with Gasteiger partial charge in [-0.2, -0.15) is 0 Å². The Bertz CT molecular complexity index is 1770. The number of carbonyl (C=O) groups excluding carboxylic acids is 2. The number of nitrogens with one attached hydrogen (secondary N) is 1. The van der Waals surface area contributed by atoms with Crippen molar-refractivity contribution in [2.45, 2.75) is 57.1 Å². The van der Waals surface area contributed by atoms with Gasteiger partial charge in [0.2, 0.25) is 11.8 Å². The number of aryl methyl sites for hydroxylation is 1. The van der Waals surface area contributed by atoms with E-state index in [1.54, 1.807) is 18.2 Å². The normalized spacial score (nSPS) is 12.6. The van der Waals surface area contributed by atoms with Crippen LogP contribution in [0.3, 0.4) is 0 Å². The van der Waals surface area contributed by atoms with E-state index in [2.05, 4.69) is 5.32 Å². The second-order valence-electron chi connectivity index (χ2n) is 11.3. The van der Waals surface area contributed by atoms with Gasteiger partial charge in [-0.15, -0.1) is 0 Å². The molecule has 0 heterocycles. The summed E-state index contributed by atoms with van der Waals surface area (Å²) in [6.45, 7) is 4.86. The zero-order valence-electron chi connectivity index (χ0n) is 26.8. The lowest BCUT2D eigenvalue weighted by atomic mass is 10.0. The maximum absolute atomic E-state index is 14.6. The van der Waals surface area contributed by atoms with E-state index in [-0.39, 0.29) is 40.4 Å². The summed E-state index contributed by atoms with van der Waals surface area (Å²) in [5.74, 6) is -1.33. The number of nitrogens with zero attached hydrogens (tertiary/aromatic N) is 2. The van der Waals surface area contributed by atoms with Gasteiger partial charge in [0, 0.05) is 24.0 Å². The Hall–Kier alpha value is -4.41. The van der Waals surface area contributed by atoms with E-state index >= 15 is 0 Å². The van der Waals surface area contributed by atoms with Crippen LogP contribution in [0.15, 0.2) is 102 Å². The molecular weight excluding hydrogens is 641 g/mol. The first kappa shape index (κ1) is 35.4. The maximum atomic E-state index is 14.6. The smallest absolute Gasteiger partial charge is 0.264 e. The van der Waals surface area contributed by atoms with Gasteiger partial charge >= 0.3 is 0 Å². The number of halogens is 2. The zero-order chi connectivity index (χ0) is 34.1. The van der Waals surface area contributed by atoms with Crippen molar-refractivity contribution >= 4 is 39.1 Å². The zero-order valence-corrected chi connectivity index (χ0v) is 28.4. The molecule has 0 radical (unpaired) electrons. The van der Waals surface area contributed by atoms with Gasteiger partial charge < -0.3 is 15.0 Å². The highest BCUT2D eigenvalue weighted by atomic mass is 35.5. The molecule has 0 saturated heterocycles. The van der Waals surface area contributed by atoms with Crippen molar-refractivity contribution in [2.24, 2.45) is 0 Å². The van der Waals surface area contributed by atoms with E-state index in [9.17, 15) is 22.4 Å². The van der Waals surface area contributed by atoms with Crippen LogP contribution in [0, 0.1) is 12.7 Å². The Kier molecular flexibility index (Phi) is 12.0. The Morgan fingerprint density at radius 3 is 2.21 bits per heavy atom. The van der Waals surface area contributed by atoms with Crippen molar-refractivity contribution in [1.82, 2.24) is 10.2 Å². The molecule has 4 aromatic carbocycles. The van der Waals surface area contributed by atoms with E-state index in [1.165, 1.54) is 60.5 Å². The van der Waals surface area contributed by atoms with E-state index in [0.717, 1.165) is 15.4 Å². The topological polar surface area (TPSA) is 96.0 Å². The Morgan fingerprint density at radius 1 is 0.936 bits per heavy atom. The molecule has 4 rings (SSSR count). The Morgan fingerprint density at radius 2 is 1.60 bits per heavy atom. The van der Waals surface area contributed by atoms with Crippen molar-refractivity contribution in [3.05, 3.63) is 125 Å². The minimum absolute atomic E-state index is 0.0432. The van der Waals surface area contributed by atoms with Crippen LogP contribution in [-0.4, -0.2) is 50.9 Å². The van der Waals surface area contributed by atoms with Gasteiger partial charge in [-0.05, 0) is 73.9 Å². The number of rotatable bonds is 14. The molecule has 1 N–H and O–H groups in total. The Balaban J connectivity index is 1.85. The molecular formula is C36H39ClFN3O5S. The standard InChI is InChI=1S/C36H39ClFN3O5S/c1-5-26(3)39-36(43)33(21-27-9-7-6-8-10-27)40(23-28-13-16-30(38)17-14-28)35(42)24-41(32-22-29(37)15-20-34(32)46-4)47(44,45)31-18-11-25(2)12-19-31/h6-20,22,26,33H,5,21,23-24H2,1-4H3,(H,39,43). The minimum Gasteiger partial charge on any atom is -0.495 e. The molecule has 2 unspecified atom stereocenters. The number of hydrogen-bond donors (Lipinski definition) is 1. The lowest BCUT2D eigenvalue weighted by Crippen LogP contribution is -2.54. The van der Waals surface area contributed by atoms with Crippen LogP contribution >= 0.6 is 11.6 Å². The van der Waals surface area contributed by atoms with Crippen LogP contribution in [-0.2, 0) is 32.6 Å². The van der Waals surface area contributed by atoms with Crippen LogP contribution in [0.4, 0.5) is 10.1 Å². The summed E-state index contributed by atoms with van der Waals surface area (Å²) in [7, 11) is -2.97. The van der Waals surface area contributed by atoms with E-state index < -0.39 is 40.2 Å². The van der Waals surface area contributed by atoms with Crippen LogP contribution in [0.1, 0.15) is 37.0 Å². The first-order valence-corrected chi connectivity index (χ1v) is 17.1. The highest BCUT2D eigenvalue weighted by Crippen LogP contribution is 2.35. The number of amides is 2. The highest BCUT2D eigenvalue weighted by Gasteiger charge is 2.36. The highest BCUT2D eigenvalue weighted by molar-refractivity contribution is 7.92. The number of carbonyl (C=O) groups is 2. The summed E-state index contributed by atoms with van der Waals surface area (Å²) < 4.78 is 48.9. The number of sulfonamides is 1. The average Bonchev–Trinajstić information content (AvgIpc) is 3.06. The number of methoxy groups -OCH3 is 1. The molecule has 0 spiro atoms. The lowest BCUT2D eigenvalue weighted by molar-refractivity contribution is -0.140. The monoisotopic (exact) mass is 679 g/mol. The van der Waals surface area contributed by atoms with Crippen molar-refractivity contribution in [3.63, 3.8) is 0 Å². The molecule has 0 aliphatic rings. The summed E-state index contributed by atoms with van der Waals surface area (Å²) in [4.78, 5) is 29.8. The van der Waals surface area contributed by atoms with Gasteiger partial charge in [0.25, 0.3) is 10.0 Å².